The first-order valence-corrected chi connectivity index (χ1v) is 4.93. The fraction of sp³-hybridized carbons (Fsp3) is 0.778. The monoisotopic (exact) mass is 199 g/mol. The molecule has 0 spiro atoms. The summed E-state index contributed by atoms with van der Waals surface area (Å²) < 4.78 is 10.2. The van der Waals surface area contributed by atoms with E-state index in [2.05, 4.69) is 10.1 Å². The topological polar surface area (TPSA) is 74.2 Å². The number of aromatic nitrogens is 2. The van der Waals surface area contributed by atoms with Crippen molar-refractivity contribution in [3.05, 3.63) is 11.7 Å². The molecule has 14 heavy (non-hydrogen) atoms. The van der Waals surface area contributed by atoms with Gasteiger partial charge in [0.05, 0.1) is 12.6 Å². The first kappa shape index (κ1) is 11.1. The third-order valence-corrected chi connectivity index (χ3v) is 1.91. The molecule has 5 heteroatoms. The summed E-state index contributed by atoms with van der Waals surface area (Å²) in [6, 6.07) is -0.150. The molecule has 0 unspecified atom stereocenters. The van der Waals surface area contributed by atoms with Gasteiger partial charge in [0.25, 0.3) is 0 Å². The Kier molecular flexibility index (Phi) is 4.55. The summed E-state index contributed by atoms with van der Waals surface area (Å²) in [5, 5.41) is 3.81. The summed E-state index contributed by atoms with van der Waals surface area (Å²) in [4.78, 5) is 4.17. The van der Waals surface area contributed by atoms with Crippen LogP contribution in [0.1, 0.15) is 38.0 Å². The summed E-state index contributed by atoms with van der Waals surface area (Å²) in [6.45, 7) is 5.26. The Morgan fingerprint density at radius 3 is 2.93 bits per heavy atom. The number of hydrogen-bond acceptors (Lipinski definition) is 5. The smallest absolute Gasteiger partial charge is 0.243 e. The number of hydrogen-bond donors (Lipinski definition) is 1. The standard InChI is InChI=1S/C9H17N3O2/c1-3-7(10)9-11-8(12-14-9)5-6-13-4-2/h7H,3-6,10H2,1-2H3/t7-/m1/s1. The summed E-state index contributed by atoms with van der Waals surface area (Å²) in [5.74, 6) is 1.18. The Morgan fingerprint density at radius 2 is 2.29 bits per heavy atom. The van der Waals surface area contributed by atoms with E-state index in [1.165, 1.54) is 0 Å². The van der Waals surface area contributed by atoms with Gasteiger partial charge >= 0.3 is 0 Å². The predicted molar refractivity (Wildman–Crippen MR) is 51.7 cm³/mol. The normalized spacial score (nSPS) is 13.1. The summed E-state index contributed by atoms with van der Waals surface area (Å²) in [5.41, 5.74) is 5.73. The Morgan fingerprint density at radius 1 is 1.50 bits per heavy atom. The molecule has 2 N–H and O–H groups in total. The van der Waals surface area contributed by atoms with Crippen molar-refractivity contribution in [2.24, 2.45) is 5.73 Å². The lowest BCUT2D eigenvalue weighted by Gasteiger charge is -1.99. The van der Waals surface area contributed by atoms with Crippen molar-refractivity contribution in [3.63, 3.8) is 0 Å². The van der Waals surface area contributed by atoms with Crippen LogP contribution in [0.2, 0.25) is 0 Å². The fourth-order valence-electron chi connectivity index (χ4n) is 1.00. The van der Waals surface area contributed by atoms with Gasteiger partial charge in [0.2, 0.25) is 5.89 Å². The molecule has 1 heterocycles. The van der Waals surface area contributed by atoms with Crippen LogP contribution in [-0.2, 0) is 11.2 Å². The van der Waals surface area contributed by atoms with Crippen LogP contribution in [0, 0.1) is 0 Å². The zero-order chi connectivity index (χ0) is 10.4. The molecule has 0 fully saturated rings. The maximum absolute atomic E-state index is 5.73. The quantitative estimate of drug-likeness (QED) is 0.693. The van der Waals surface area contributed by atoms with Crippen LogP contribution in [0.3, 0.4) is 0 Å². The van der Waals surface area contributed by atoms with E-state index >= 15 is 0 Å². The van der Waals surface area contributed by atoms with Gasteiger partial charge in [0, 0.05) is 13.0 Å². The zero-order valence-corrected chi connectivity index (χ0v) is 8.69. The molecule has 0 aromatic carbocycles. The first-order valence-electron chi connectivity index (χ1n) is 4.93. The van der Waals surface area contributed by atoms with Crippen molar-refractivity contribution < 1.29 is 9.26 Å². The van der Waals surface area contributed by atoms with Crippen LogP contribution >= 0.6 is 0 Å². The van der Waals surface area contributed by atoms with Crippen LogP contribution in [0.5, 0.6) is 0 Å². The Hall–Kier alpha value is -0.940. The Balaban J connectivity index is 2.42. The largest absolute Gasteiger partial charge is 0.381 e. The minimum absolute atomic E-state index is 0.150. The van der Waals surface area contributed by atoms with Crippen LogP contribution in [0.4, 0.5) is 0 Å². The molecule has 0 aliphatic heterocycles. The molecule has 0 saturated heterocycles. The number of nitrogens with zero attached hydrogens (tertiary/aromatic N) is 2. The molecule has 0 aliphatic rings. The van der Waals surface area contributed by atoms with Crippen molar-refractivity contribution in [2.75, 3.05) is 13.2 Å². The Labute approximate surface area is 83.6 Å². The molecule has 1 atom stereocenters. The van der Waals surface area contributed by atoms with E-state index < -0.39 is 0 Å². The van der Waals surface area contributed by atoms with Crippen LogP contribution < -0.4 is 5.73 Å². The SMILES string of the molecule is CCOCCc1noc([C@H](N)CC)n1. The molecule has 0 saturated carbocycles. The van der Waals surface area contributed by atoms with Crippen LogP contribution in [-0.4, -0.2) is 23.4 Å². The van der Waals surface area contributed by atoms with Gasteiger partial charge in [-0.05, 0) is 13.3 Å². The molecule has 1 aromatic heterocycles. The lowest BCUT2D eigenvalue weighted by Crippen LogP contribution is -2.09. The van der Waals surface area contributed by atoms with E-state index in [0.717, 1.165) is 6.42 Å². The highest BCUT2D eigenvalue weighted by molar-refractivity contribution is 4.91. The maximum atomic E-state index is 5.73. The molecule has 0 aliphatic carbocycles. The van der Waals surface area contributed by atoms with Gasteiger partial charge in [-0.15, -0.1) is 0 Å². The van der Waals surface area contributed by atoms with Crippen molar-refractivity contribution in [1.29, 1.82) is 0 Å². The average Bonchev–Trinajstić information content (AvgIpc) is 2.66. The second-order valence-corrected chi connectivity index (χ2v) is 3.01. The maximum Gasteiger partial charge on any atom is 0.243 e. The van der Waals surface area contributed by atoms with E-state index in [9.17, 15) is 0 Å². The molecule has 5 nitrogen and oxygen atoms in total. The summed E-state index contributed by atoms with van der Waals surface area (Å²) >= 11 is 0. The third kappa shape index (κ3) is 3.08. The number of ether oxygens (including phenoxy) is 1. The van der Waals surface area contributed by atoms with Gasteiger partial charge in [-0.2, -0.15) is 4.98 Å². The lowest BCUT2D eigenvalue weighted by molar-refractivity contribution is 0.149. The molecule has 0 amide bonds. The highest BCUT2D eigenvalue weighted by Crippen LogP contribution is 2.10. The molecule has 0 bridgehead atoms. The highest BCUT2D eigenvalue weighted by atomic mass is 16.5. The van der Waals surface area contributed by atoms with Crippen LogP contribution in [0.25, 0.3) is 0 Å². The van der Waals surface area contributed by atoms with E-state index in [4.69, 9.17) is 15.0 Å². The molecule has 80 valence electrons. The van der Waals surface area contributed by atoms with Gasteiger partial charge in [0.15, 0.2) is 5.82 Å². The van der Waals surface area contributed by atoms with Gasteiger partial charge < -0.3 is 15.0 Å². The van der Waals surface area contributed by atoms with E-state index in [1.54, 1.807) is 0 Å². The highest BCUT2D eigenvalue weighted by Gasteiger charge is 2.12. The van der Waals surface area contributed by atoms with E-state index in [1.807, 2.05) is 13.8 Å². The third-order valence-electron chi connectivity index (χ3n) is 1.91. The zero-order valence-electron chi connectivity index (χ0n) is 8.69. The minimum atomic E-state index is -0.150. The fourth-order valence-corrected chi connectivity index (χ4v) is 1.00. The van der Waals surface area contributed by atoms with Crippen molar-refractivity contribution >= 4 is 0 Å². The summed E-state index contributed by atoms with van der Waals surface area (Å²) in [6.07, 6.45) is 1.47. The van der Waals surface area contributed by atoms with Crippen molar-refractivity contribution in [3.8, 4) is 0 Å². The average molecular weight is 199 g/mol. The number of nitrogens with two attached hydrogens (primary N) is 1. The van der Waals surface area contributed by atoms with Gasteiger partial charge in [0.1, 0.15) is 0 Å². The van der Waals surface area contributed by atoms with Crippen LogP contribution in [0.15, 0.2) is 4.52 Å². The molecule has 1 aromatic rings. The van der Waals surface area contributed by atoms with Gasteiger partial charge in [-0.3, -0.25) is 0 Å². The summed E-state index contributed by atoms with van der Waals surface area (Å²) in [7, 11) is 0. The van der Waals surface area contributed by atoms with E-state index in [-0.39, 0.29) is 6.04 Å². The van der Waals surface area contributed by atoms with Gasteiger partial charge in [-0.25, -0.2) is 0 Å². The molecule has 1 rings (SSSR count). The van der Waals surface area contributed by atoms with Crippen molar-refractivity contribution in [2.45, 2.75) is 32.7 Å². The Bertz CT molecular complexity index is 262. The second-order valence-electron chi connectivity index (χ2n) is 3.01. The number of rotatable bonds is 6. The molecular weight excluding hydrogens is 182 g/mol. The lowest BCUT2D eigenvalue weighted by atomic mass is 10.2. The molecule has 0 radical (unpaired) electrons. The molecular formula is C9H17N3O2. The second kappa shape index (κ2) is 5.72. The van der Waals surface area contributed by atoms with Gasteiger partial charge in [-0.1, -0.05) is 12.1 Å². The van der Waals surface area contributed by atoms with Crippen molar-refractivity contribution in [1.82, 2.24) is 10.1 Å². The minimum Gasteiger partial charge on any atom is -0.381 e. The first-order chi connectivity index (χ1) is 6.77. The predicted octanol–water partition coefficient (Wildman–Crippen LogP) is 1.06. The van der Waals surface area contributed by atoms with E-state index in [0.29, 0.717) is 31.3 Å².